The van der Waals surface area contributed by atoms with Gasteiger partial charge in [-0.1, -0.05) is 17.7 Å². The van der Waals surface area contributed by atoms with Crippen LogP contribution in [-0.4, -0.2) is 102 Å². The second-order valence-electron chi connectivity index (χ2n) is 8.36. The average molecular weight is 463 g/mol. The third-order valence-electron chi connectivity index (χ3n) is 6.02. The first-order valence-electron chi connectivity index (χ1n) is 10.9. The highest BCUT2D eigenvalue weighted by Gasteiger charge is 2.34. The predicted octanol–water partition coefficient (Wildman–Crippen LogP) is 0.614. The fourth-order valence-electron chi connectivity index (χ4n) is 3.89. The maximum Gasteiger partial charge on any atom is 0.282 e. The molecule has 2 aromatic rings. The molecular weight excluding hydrogens is 432 g/mol. The Balaban J connectivity index is 1.26. The summed E-state index contributed by atoms with van der Waals surface area (Å²) in [6, 6.07) is 7.81. The van der Waals surface area contributed by atoms with E-state index in [0.717, 1.165) is 24.2 Å². The van der Waals surface area contributed by atoms with Crippen LogP contribution in [0.25, 0.3) is 11.5 Å². The van der Waals surface area contributed by atoms with Gasteiger partial charge in [-0.3, -0.25) is 4.79 Å². The van der Waals surface area contributed by atoms with Crippen molar-refractivity contribution in [2.24, 2.45) is 0 Å². The highest BCUT2D eigenvalue weighted by molar-refractivity contribution is 7.86. The van der Waals surface area contributed by atoms with E-state index in [-0.39, 0.29) is 12.3 Å². The Morgan fingerprint density at radius 3 is 2.16 bits per heavy atom. The van der Waals surface area contributed by atoms with E-state index in [9.17, 15) is 13.2 Å². The minimum atomic E-state index is -3.47. The third-order valence-corrected chi connectivity index (χ3v) is 8.06. The van der Waals surface area contributed by atoms with Gasteiger partial charge in [0.05, 0.1) is 0 Å². The molecular formula is C21H30N6O4S. The van der Waals surface area contributed by atoms with Crippen LogP contribution in [0.2, 0.25) is 0 Å². The van der Waals surface area contributed by atoms with Gasteiger partial charge in [-0.05, 0) is 26.1 Å². The van der Waals surface area contributed by atoms with Gasteiger partial charge in [0.2, 0.25) is 17.7 Å². The second-order valence-corrected chi connectivity index (χ2v) is 10.3. The van der Waals surface area contributed by atoms with Gasteiger partial charge in [-0.25, -0.2) is 0 Å². The molecule has 2 saturated heterocycles. The Morgan fingerprint density at radius 1 is 0.938 bits per heavy atom. The van der Waals surface area contributed by atoms with E-state index in [4.69, 9.17) is 4.42 Å². The Bertz CT molecular complexity index is 1020. The quantitative estimate of drug-likeness (QED) is 0.620. The number of piperazine rings is 2. The minimum absolute atomic E-state index is 0.0308. The van der Waals surface area contributed by atoms with Crippen molar-refractivity contribution in [2.45, 2.75) is 19.8 Å². The highest BCUT2D eigenvalue weighted by Crippen LogP contribution is 2.19. The first kappa shape index (κ1) is 22.8. The zero-order valence-corrected chi connectivity index (χ0v) is 19.4. The van der Waals surface area contributed by atoms with E-state index in [1.165, 1.54) is 4.31 Å². The lowest BCUT2D eigenvalue weighted by Crippen LogP contribution is -2.57. The van der Waals surface area contributed by atoms with E-state index >= 15 is 0 Å². The highest BCUT2D eigenvalue weighted by atomic mass is 32.2. The largest absolute Gasteiger partial charge is 0.421 e. The van der Waals surface area contributed by atoms with Crippen molar-refractivity contribution in [3.63, 3.8) is 0 Å². The zero-order chi connectivity index (χ0) is 22.7. The molecule has 0 aliphatic carbocycles. The molecule has 0 spiro atoms. The van der Waals surface area contributed by atoms with Crippen LogP contribution in [-0.2, 0) is 21.4 Å². The molecule has 10 nitrogen and oxygen atoms in total. The Hall–Kier alpha value is -2.34. The lowest BCUT2D eigenvalue weighted by atomic mass is 10.1. The molecule has 1 aromatic carbocycles. The molecule has 1 aromatic heterocycles. The number of hydrogen-bond donors (Lipinski definition) is 0. The summed E-state index contributed by atoms with van der Waals surface area (Å²) in [7, 11) is -1.48. The van der Waals surface area contributed by atoms with E-state index in [2.05, 4.69) is 15.1 Å². The van der Waals surface area contributed by atoms with Gasteiger partial charge in [0.1, 0.15) is 0 Å². The third kappa shape index (κ3) is 5.17. The molecule has 0 saturated carbocycles. The number of aryl methyl sites for hydroxylation is 2. The van der Waals surface area contributed by atoms with Crippen LogP contribution >= 0.6 is 0 Å². The van der Waals surface area contributed by atoms with Crippen molar-refractivity contribution in [2.75, 3.05) is 59.4 Å². The molecule has 0 bridgehead atoms. The maximum atomic E-state index is 12.9. The molecule has 2 aliphatic heterocycles. The van der Waals surface area contributed by atoms with Crippen molar-refractivity contribution < 1.29 is 17.6 Å². The normalized spacial score (nSPS) is 19.4. The molecule has 0 unspecified atom stereocenters. The molecule has 0 atom stereocenters. The number of aromatic nitrogens is 2. The number of carbonyl (C=O) groups excluding carboxylic acids is 1. The summed E-state index contributed by atoms with van der Waals surface area (Å²) >= 11 is 0. The molecule has 2 aliphatic rings. The van der Waals surface area contributed by atoms with Crippen molar-refractivity contribution in [1.29, 1.82) is 0 Å². The topological polar surface area (TPSA) is 103 Å². The Morgan fingerprint density at radius 2 is 1.53 bits per heavy atom. The van der Waals surface area contributed by atoms with Gasteiger partial charge in [0, 0.05) is 70.8 Å². The number of carbonyl (C=O) groups is 1. The monoisotopic (exact) mass is 462 g/mol. The summed E-state index contributed by atoms with van der Waals surface area (Å²) in [6.07, 6.45) is 0.609. The molecule has 1 amide bonds. The first-order valence-corrected chi connectivity index (χ1v) is 12.3. The molecule has 11 heteroatoms. The fraction of sp³-hybridized carbons (Fsp3) is 0.571. The van der Waals surface area contributed by atoms with Gasteiger partial charge in [0.15, 0.2) is 0 Å². The van der Waals surface area contributed by atoms with Crippen LogP contribution < -0.4 is 0 Å². The number of rotatable bonds is 6. The zero-order valence-electron chi connectivity index (χ0n) is 18.6. The molecule has 0 N–H and O–H groups in total. The standard InChI is InChI=1S/C21H30N6O4S/c1-17-3-5-18(6-4-17)21-23-22-19(31-21)7-8-20(28)25-11-15-27(16-12-25)32(29,30)26-13-9-24(2)10-14-26/h3-6H,7-16H2,1-2H3. The van der Waals surface area contributed by atoms with E-state index in [0.29, 0.717) is 57.5 Å². The van der Waals surface area contributed by atoms with Gasteiger partial charge in [0.25, 0.3) is 10.2 Å². The van der Waals surface area contributed by atoms with Crippen LogP contribution in [0.4, 0.5) is 0 Å². The molecule has 174 valence electrons. The number of nitrogens with zero attached hydrogens (tertiary/aromatic N) is 6. The smallest absolute Gasteiger partial charge is 0.282 e. The van der Waals surface area contributed by atoms with E-state index in [1.54, 1.807) is 9.21 Å². The Labute approximate surface area is 189 Å². The molecule has 3 heterocycles. The SMILES string of the molecule is Cc1ccc(-c2nnc(CCC(=O)N3CCN(S(=O)(=O)N4CCN(C)CC4)CC3)o2)cc1. The lowest BCUT2D eigenvalue weighted by Gasteiger charge is -2.39. The first-order chi connectivity index (χ1) is 15.3. The van der Waals surface area contributed by atoms with Crippen LogP contribution in [0.3, 0.4) is 0 Å². The van der Waals surface area contributed by atoms with Crippen molar-refractivity contribution >= 4 is 16.1 Å². The summed E-state index contributed by atoms with van der Waals surface area (Å²) in [5, 5.41) is 8.12. The van der Waals surface area contributed by atoms with Crippen LogP contribution in [0.15, 0.2) is 28.7 Å². The molecule has 2 fully saturated rings. The van der Waals surface area contributed by atoms with E-state index in [1.807, 2.05) is 38.2 Å². The predicted molar refractivity (Wildman–Crippen MR) is 119 cm³/mol. The Kier molecular flexibility index (Phi) is 6.89. The summed E-state index contributed by atoms with van der Waals surface area (Å²) in [5.74, 6) is 0.831. The lowest BCUT2D eigenvalue weighted by molar-refractivity contribution is -0.132. The maximum absolute atomic E-state index is 12.9. The van der Waals surface area contributed by atoms with Gasteiger partial charge in [-0.2, -0.15) is 17.0 Å². The van der Waals surface area contributed by atoms with E-state index < -0.39 is 10.2 Å². The molecule has 32 heavy (non-hydrogen) atoms. The van der Waals surface area contributed by atoms with Crippen LogP contribution in [0, 0.1) is 6.92 Å². The summed E-state index contributed by atoms with van der Waals surface area (Å²) in [5.41, 5.74) is 1.99. The summed E-state index contributed by atoms with van der Waals surface area (Å²) < 4.78 is 34.5. The van der Waals surface area contributed by atoms with Gasteiger partial charge < -0.3 is 14.2 Å². The van der Waals surface area contributed by atoms with Crippen LogP contribution in [0.1, 0.15) is 17.9 Å². The number of hydrogen-bond acceptors (Lipinski definition) is 7. The second kappa shape index (κ2) is 9.65. The van der Waals surface area contributed by atoms with Crippen molar-refractivity contribution in [1.82, 2.24) is 28.6 Å². The fourth-order valence-corrected chi connectivity index (χ4v) is 5.47. The summed E-state index contributed by atoms with van der Waals surface area (Å²) in [4.78, 5) is 16.5. The van der Waals surface area contributed by atoms with Crippen LogP contribution in [0.5, 0.6) is 0 Å². The minimum Gasteiger partial charge on any atom is -0.421 e. The van der Waals surface area contributed by atoms with Gasteiger partial charge >= 0.3 is 0 Å². The molecule has 0 radical (unpaired) electrons. The van der Waals surface area contributed by atoms with Crippen molar-refractivity contribution in [3.8, 4) is 11.5 Å². The number of likely N-dealkylation sites (N-methyl/N-ethyl adjacent to an activating group) is 1. The molecule has 4 rings (SSSR count). The number of benzene rings is 1. The number of amides is 1. The average Bonchev–Trinajstić information content (AvgIpc) is 3.27. The summed E-state index contributed by atoms with van der Waals surface area (Å²) in [6.45, 7) is 5.92. The van der Waals surface area contributed by atoms with Crippen molar-refractivity contribution in [3.05, 3.63) is 35.7 Å². The van der Waals surface area contributed by atoms with Gasteiger partial charge in [-0.15, -0.1) is 10.2 Å².